The first-order chi connectivity index (χ1) is 8.98. The SMILES string of the molecule is CC(C)(C)c1ccc(C(=O)N2CCCNCC2)cc1. The van der Waals surface area contributed by atoms with Crippen LogP contribution in [0.2, 0.25) is 0 Å². The topological polar surface area (TPSA) is 32.3 Å². The number of carbonyl (C=O) groups excluding carboxylic acids is 1. The van der Waals surface area contributed by atoms with E-state index in [-0.39, 0.29) is 11.3 Å². The second kappa shape index (κ2) is 5.74. The zero-order valence-corrected chi connectivity index (χ0v) is 12.2. The fraction of sp³-hybridized carbons (Fsp3) is 0.562. The van der Waals surface area contributed by atoms with Gasteiger partial charge in [0.1, 0.15) is 0 Å². The highest BCUT2D eigenvalue weighted by atomic mass is 16.2. The monoisotopic (exact) mass is 260 g/mol. The Balaban J connectivity index is 2.10. The van der Waals surface area contributed by atoms with E-state index in [1.54, 1.807) is 0 Å². The lowest BCUT2D eigenvalue weighted by molar-refractivity contribution is 0.0766. The first kappa shape index (κ1) is 14.1. The summed E-state index contributed by atoms with van der Waals surface area (Å²) in [6.07, 6.45) is 1.03. The van der Waals surface area contributed by atoms with Gasteiger partial charge in [-0.3, -0.25) is 4.79 Å². The zero-order chi connectivity index (χ0) is 13.9. The second-order valence-corrected chi connectivity index (χ2v) is 6.22. The molecule has 0 unspecified atom stereocenters. The maximum Gasteiger partial charge on any atom is 0.253 e. The van der Waals surface area contributed by atoms with Crippen LogP contribution in [0.1, 0.15) is 43.1 Å². The highest BCUT2D eigenvalue weighted by molar-refractivity contribution is 5.94. The first-order valence-electron chi connectivity index (χ1n) is 7.09. The Hall–Kier alpha value is -1.35. The number of nitrogens with one attached hydrogen (secondary N) is 1. The summed E-state index contributed by atoms with van der Waals surface area (Å²) >= 11 is 0. The molecular formula is C16H24N2O. The fourth-order valence-electron chi connectivity index (χ4n) is 2.34. The number of amides is 1. The van der Waals surface area contributed by atoms with Gasteiger partial charge in [-0.2, -0.15) is 0 Å². The lowest BCUT2D eigenvalue weighted by Crippen LogP contribution is -2.34. The first-order valence-corrected chi connectivity index (χ1v) is 7.09. The molecule has 1 aliphatic rings. The maximum absolute atomic E-state index is 12.4. The van der Waals surface area contributed by atoms with Crippen molar-refractivity contribution in [1.29, 1.82) is 0 Å². The van der Waals surface area contributed by atoms with Crippen molar-refractivity contribution in [2.24, 2.45) is 0 Å². The van der Waals surface area contributed by atoms with Crippen LogP contribution < -0.4 is 5.32 Å². The minimum absolute atomic E-state index is 0.133. The van der Waals surface area contributed by atoms with Gasteiger partial charge in [0.2, 0.25) is 0 Å². The second-order valence-electron chi connectivity index (χ2n) is 6.22. The summed E-state index contributed by atoms with van der Waals surface area (Å²) in [4.78, 5) is 14.4. The fourth-order valence-corrected chi connectivity index (χ4v) is 2.34. The van der Waals surface area contributed by atoms with Crippen LogP contribution in [0.5, 0.6) is 0 Å². The van der Waals surface area contributed by atoms with Gasteiger partial charge in [0.25, 0.3) is 5.91 Å². The quantitative estimate of drug-likeness (QED) is 0.841. The third kappa shape index (κ3) is 3.57. The van der Waals surface area contributed by atoms with E-state index in [1.165, 1.54) is 5.56 Å². The zero-order valence-electron chi connectivity index (χ0n) is 12.2. The normalized spacial score (nSPS) is 17.1. The highest BCUT2D eigenvalue weighted by Gasteiger charge is 2.18. The molecule has 1 amide bonds. The molecule has 0 aliphatic carbocycles. The summed E-state index contributed by atoms with van der Waals surface area (Å²) < 4.78 is 0. The molecule has 1 aliphatic heterocycles. The molecule has 0 radical (unpaired) electrons. The van der Waals surface area contributed by atoms with Crippen LogP contribution in [0.3, 0.4) is 0 Å². The largest absolute Gasteiger partial charge is 0.337 e. The number of hydrogen-bond acceptors (Lipinski definition) is 2. The average molecular weight is 260 g/mol. The molecule has 0 spiro atoms. The van der Waals surface area contributed by atoms with E-state index in [0.29, 0.717) is 0 Å². The van der Waals surface area contributed by atoms with E-state index >= 15 is 0 Å². The van der Waals surface area contributed by atoms with Crippen LogP contribution in [-0.4, -0.2) is 37.0 Å². The number of benzene rings is 1. The predicted molar refractivity (Wildman–Crippen MR) is 78.5 cm³/mol. The van der Waals surface area contributed by atoms with Crippen LogP contribution in [0, 0.1) is 0 Å². The van der Waals surface area contributed by atoms with Crippen molar-refractivity contribution in [3.8, 4) is 0 Å². The molecule has 3 nitrogen and oxygen atoms in total. The Morgan fingerprint density at radius 3 is 2.42 bits per heavy atom. The molecule has 0 saturated carbocycles. The minimum atomic E-state index is 0.133. The lowest BCUT2D eigenvalue weighted by atomic mass is 9.86. The number of rotatable bonds is 1. The number of hydrogen-bond donors (Lipinski definition) is 1. The van der Waals surface area contributed by atoms with Gasteiger partial charge in [0.05, 0.1) is 0 Å². The van der Waals surface area contributed by atoms with E-state index in [1.807, 2.05) is 17.0 Å². The van der Waals surface area contributed by atoms with Gasteiger partial charge >= 0.3 is 0 Å². The number of carbonyl (C=O) groups is 1. The van der Waals surface area contributed by atoms with Gasteiger partial charge < -0.3 is 10.2 Å². The third-order valence-electron chi connectivity index (χ3n) is 3.63. The molecule has 1 saturated heterocycles. The molecule has 19 heavy (non-hydrogen) atoms. The molecule has 1 fully saturated rings. The van der Waals surface area contributed by atoms with Gasteiger partial charge in [0, 0.05) is 25.2 Å². The van der Waals surface area contributed by atoms with Crippen molar-refractivity contribution in [3.63, 3.8) is 0 Å². The molecule has 2 rings (SSSR count). The molecule has 0 atom stereocenters. The minimum Gasteiger partial charge on any atom is -0.337 e. The van der Waals surface area contributed by atoms with Gasteiger partial charge in [-0.05, 0) is 36.1 Å². The standard InChI is InChI=1S/C16H24N2O/c1-16(2,3)14-7-5-13(6-8-14)15(19)18-11-4-9-17-10-12-18/h5-8,17H,4,9-12H2,1-3H3. The molecule has 1 N–H and O–H groups in total. The molecule has 3 heteroatoms. The molecular weight excluding hydrogens is 236 g/mol. The van der Waals surface area contributed by atoms with Gasteiger partial charge in [-0.15, -0.1) is 0 Å². The van der Waals surface area contributed by atoms with Crippen molar-refractivity contribution in [3.05, 3.63) is 35.4 Å². The summed E-state index contributed by atoms with van der Waals surface area (Å²) in [5.41, 5.74) is 2.20. The van der Waals surface area contributed by atoms with E-state index in [9.17, 15) is 4.79 Å². The Kier molecular flexibility index (Phi) is 4.25. The van der Waals surface area contributed by atoms with Crippen molar-refractivity contribution in [2.75, 3.05) is 26.2 Å². The Morgan fingerprint density at radius 2 is 1.79 bits per heavy atom. The Bertz CT molecular complexity index is 423. The predicted octanol–water partition coefficient (Wildman–Crippen LogP) is 2.42. The maximum atomic E-state index is 12.4. The summed E-state index contributed by atoms with van der Waals surface area (Å²) in [6, 6.07) is 8.06. The molecule has 104 valence electrons. The molecule has 0 bridgehead atoms. The van der Waals surface area contributed by atoms with Gasteiger partial charge in [0.15, 0.2) is 0 Å². The van der Waals surface area contributed by atoms with E-state index in [4.69, 9.17) is 0 Å². The van der Waals surface area contributed by atoms with Crippen LogP contribution in [0.25, 0.3) is 0 Å². The summed E-state index contributed by atoms with van der Waals surface area (Å²) in [5.74, 6) is 0.157. The van der Waals surface area contributed by atoms with Crippen molar-refractivity contribution in [2.45, 2.75) is 32.6 Å². The lowest BCUT2D eigenvalue weighted by Gasteiger charge is -2.22. The van der Waals surface area contributed by atoms with Crippen molar-refractivity contribution >= 4 is 5.91 Å². The smallest absolute Gasteiger partial charge is 0.253 e. The van der Waals surface area contributed by atoms with Crippen LogP contribution >= 0.6 is 0 Å². The van der Waals surface area contributed by atoms with E-state index in [0.717, 1.165) is 38.2 Å². The van der Waals surface area contributed by atoms with Crippen LogP contribution in [-0.2, 0) is 5.41 Å². The number of nitrogens with zero attached hydrogens (tertiary/aromatic N) is 1. The summed E-state index contributed by atoms with van der Waals surface area (Å²) in [5, 5.41) is 3.32. The molecule has 1 aromatic carbocycles. The van der Waals surface area contributed by atoms with Crippen LogP contribution in [0.15, 0.2) is 24.3 Å². The highest BCUT2D eigenvalue weighted by Crippen LogP contribution is 2.22. The van der Waals surface area contributed by atoms with Crippen LogP contribution in [0.4, 0.5) is 0 Å². The van der Waals surface area contributed by atoms with E-state index < -0.39 is 0 Å². The van der Waals surface area contributed by atoms with Crippen molar-refractivity contribution < 1.29 is 4.79 Å². The Morgan fingerprint density at radius 1 is 1.11 bits per heavy atom. The van der Waals surface area contributed by atoms with Gasteiger partial charge in [-0.1, -0.05) is 32.9 Å². The van der Waals surface area contributed by atoms with Crippen molar-refractivity contribution in [1.82, 2.24) is 10.2 Å². The molecule has 1 heterocycles. The molecule has 1 aromatic rings. The Labute approximate surface area is 116 Å². The van der Waals surface area contributed by atoms with Gasteiger partial charge in [-0.25, -0.2) is 0 Å². The molecule has 0 aromatic heterocycles. The van der Waals surface area contributed by atoms with E-state index in [2.05, 4.69) is 38.2 Å². The summed E-state index contributed by atoms with van der Waals surface area (Å²) in [7, 11) is 0. The summed E-state index contributed by atoms with van der Waals surface area (Å²) in [6.45, 7) is 10.1. The third-order valence-corrected chi connectivity index (χ3v) is 3.63. The average Bonchev–Trinajstić information content (AvgIpc) is 2.66.